The summed E-state index contributed by atoms with van der Waals surface area (Å²) in [6, 6.07) is 9.90. The number of ether oxygens (including phenoxy) is 1. The van der Waals surface area contributed by atoms with Gasteiger partial charge in [-0.3, -0.25) is 0 Å². The van der Waals surface area contributed by atoms with Crippen LogP contribution in [0.15, 0.2) is 41.1 Å². The van der Waals surface area contributed by atoms with Crippen LogP contribution < -0.4 is 4.74 Å². The molecular formula is C13H12O2S. The van der Waals surface area contributed by atoms with Gasteiger partial charge < -0.3 is 9.84 Å². The number of rotatable bonds is 2. The lowest BCUT2D eigenvalue weighted by molar-refractivity contribution is 0.130. The molecule has 1 N–H and O–H groups in total. The highest BCUT2D eigenvalue weighted by Gasteiger charge is 2.30. The van der Waals surface area contributed by atoms with Gasteiger partial charge in [0.25, 0.3) is 0 Å². The molecule has 1 aliphatic heterocycles. The Labute approximate surface area is 98.1 Å². The number of hydrogen-bond acceptors (Lipinski definition) is 3. The Morgan fingerprint density at radius 1 is 1.31 bits per heavy atom. The summed E-state index contributed by atoms with van der Waals surface area (Å²) in [6.07, 6.45) is -0.463. The van der Waals surface area contributed by atoms with Crippen molar-refractivity contribution in [3.63, 3.8) is 0 Å². The molecule has 2 unspecified atom stereocenters. The van der Waals surface area contributed by atoms with Gasteiger partial charge in [-0.2, -0.15) is 11.3 Å². The van der Waals surface area contributed by atoms with Gasteiger partial charge >= 0.3 is 0 Å². The minimum atomic E-state index is -0.463. The first kappa shape index (κ1) is 9.87. The van der Waals surface area contributed by atoms with Crippen LogP contribution in [0, 0.1) is 0 Å². The molecule has 2 aromatic rings. The van der Waals surface area contributed by atoms with Crippen LogP contribution in [0.4, 0.5) is 0 Å². The van der Waals surface area contributed by atoms with Crippen LogP contribution in [0.3, 0.4) is 0 Å². The van der Waals surface area contributed by atoms with E-state index < -0.39 is 6.10 Å². The lowest BCUT2D eigenvalue weighted by Gasteiger charge is -2.15. The van der Waals surface area contributed by atoms with E-state index in [1.807, 2.05) is 41.1 Å². The molecule has 0 bridgehead atoms. The fourth-order valence-electron chi connectivity index (χ4n) is 2.12. The Bertz CT molecular complexity index is 478. The lowest BCUT2D eigenvalue weighted by Crippen LogP contribution is -2.11. The zero-order valence-corrected chi connectivity index (χ0v) is 9.48. The van der Waals surface area contributed by atoms with Gasteiger partial charge in [0, 0.05) is 5.56 Å². The maximum atomic E-state index is 10.3. The van der Waals surface area contributed by atoms with Gasteiger partial charge in [-0.15, -0.1) is 0 Å². The first-order chi connectivity index (χ1) is 7.86. The van der Waals surface area contributed by atoms with E-state index in [0.717, 1.165) is 16.9 Å². The molecule has 16 heavy (non-hydrogen) atoms. The highest BCUT2D eigenvalue weighted by molar-refractivity contribution is 7.07. The summed E-state index contributed by atoms with van der Waals surface area (Å²) >= 11 is 1.61. The van der Waals surface area contributed by atoms with E-state index in [2.05, 4.69) is 0 Å². The van der Waals surface area contributed by atoms with Crippen molar-refractivity contribution in [3.05, 3.63) is 52.2 Å². The Morgan fingerprint density at radius 3 is 3.00 bits per heavy atom. The number of thiophene rings is 1. The number of aliphatic hydroxyl groups is 1. The van der Waals surface area contributed by atoms with Crippen LogP contribution in [0.1, 0.15) is 23.1 Å². The van der Waals surface area contributed by atoms with Gasteiger partial charge in [0.1, 0.15) is 5.75 Å². The highest BCUT2D eigenvalue weighted by atomic mass is 32.1. The molecule has 0 aliphatic carbocycles. The molecule has 2 nitrogen and oxygen atoms in total. The standard InChI is InChI=1S/C13H12O2S/c14-13(9-5-6-16-8-9)11-7-15-12-4-2-1-3-10(11)12/h1-6,8,11,13-14H,7H2. The predicted octanol–water partition coefficient (Wildman–Crippen LogP) is 2.96. The van der Waals surface area contributed by atoms with Crippen molar-refractivity contribution in [2.75, 3.05) is 6.61 Å². The van der Waals surface area contributed by atoms with Gasteiger partial charge in [-0.1, -0.05) is 18.2 Å². The zero-order chi connectivity index (χ0) is 11.0. The Kier molecular flexibility index (Phi) is 2.42. The molecule has 1 aromatic carbocycles. The molecule has 0 radical (unpaired) electrons. The molecule has 3 heteroatoms. The third kappa shape index (κ3) is 1.52. The quantitative estimate of drug-likeness (QED) is 0.862. The van der Waals surface area contributed by atoms with Crippen LogP contribution in [-0.4, -0.2) is 11.7 Å². The molecule has 82 valence electrons. The maximum absolute atomic E-state index is 10.3. The van der Waals surface area contributed by atoms with E-state index in [1.54, 1.807) is 11.3 Å². The number of aliphatic hydroxyl groups excluding tert-OH is 1. The zero-order valence-electron chi connectivity index (χ0n) is 8.67. The van der Waals surface area contributed by atoms with Gasteiger partial charge in [0.2, 0.25) is 0 Å². The van der Waals surface area contributed by atoms with Gasteiger partial charge in [0.05, 0.1) is 18.6 Å². The summed E-state index contributed by atoms with van der Waals surface area (Å²) in [5.41, 5.74) is 2.09. The molecule has 0 saturated heterocycles. The van der Waals surface area contributed by atoms with Crippen LogP contribution in [-0.2, 0) is 0 Å². The first-order valence-corrected chi connectivity index (χ1v) is 6.22. The third-order valence-electron chi connectivity index (χ3n) is 3.00. The second-order valence-corrected chi connectivity index (χ2v) is 4.74. The monoisotopic (exact) mass is 232 g/mol. The average molecular weight is 232 g/mol. The molecule has 2 atom stereocenters. The minimum absolute atomic E-state index is 0.0609. The third-order valence-corrected chi connectivity index (χ3v) is 3.70. The van der Waals surface area contributed by atoms with E-state index in [4.69, 9.17) is 4.74 Å². The van der Waals surface area contributed by atoms with Gasteiger partial charge in [-0.25, -0.2) is 0 Å². The molecule has 1 aliphatic rings. The van der Waals surface area contributed by atoms with E-state index in [-0.39, 0.29) is 5.92 Å². The van der Waals surface area contributed by atoms with Crippen molar-refractivity contribution >= 4 is 11.3 Å². The van der Waals surface area contributed by atoms with Crippen molar-refractivity contribution in [3.8, 4) is 5.75 Å². The van der Waals surface area contributed by atoms with E-state index in [9.17, 15) is 5.11 Å². The van der Waals surface area contributed by atoms with E-state index in [0.29, 0.717) is 6.61 Å². The molecule has 0 fully saturated rings. The van der Waals surface area contributed by atoms with E-state index >= 15 is 0 Å². The second kappa shape index (κ2) is 3.92. The largest absolute Gasteiger partial charge is 0.493 e. The summed E-state index contributed by atoms with van der Waals surface area (Å²) in [5, 5.41) is 14.3. The Morgan fingerprint density at radius 2 is 2.19 bits per heavy atom. The highest BCUT2D eigenvalue weighted by Crippen LogP contribution is 2.41. The summed E-state index contributed by atoms with van der Waals surface area (Å²) < 4.78 is 5.57. The average Bonchev–Trinajstić information content (AvgIpc) is 2.98. The first-order valence-electron chi connectivity index (χ1n) is 5.28. The van der Waals surface area contributed by atoms with Crippen molar-refractivity contribution in [2.24, 2.45) is 0 Å². The molecule has 0 saturated carbocycles. The molecule has 0 amide bonds. The van der Waals surface area contributed by atoms with E-state index in [1.165, 1.54) is 0 Å². The van der Waals surface area contributed by atoms with Crippen molar-refractivity contribution < 1.29 is 9.84 Å². The van der Waals surface area contributed by atoms with Gasteiger partial charge in [-0.05, 0) is 28.5 Å². The van der Waals surface area contributed by atoms with Crippen LogP contribution >= 0.6 is 11.3 Å². The van der Waals surface area contributed by atoms with Crippen LogP contribution in [0.2, 0.25) is 0 Å². The number of para-hydroxylation sites is 1. The molecule has 3 rings (SSSR count). The fourth-order valence-corrected chi connectivity index (χ4v) is 2.81. The molecular weight excluding hydrogens is 220 g/mol. The Balaban J connectivity index is 1.93. The normalized spacial score (nSPS) is 20.2. The molecule has 2 heterocycles. The van der Waals surface area contributed by atoms with Crippen molar-refractivity contribution in [1.82, 2.24) is 0 Å². The minimum Gasteiger partial charge on any atom is -0.493 e. The van der Waals surface area contributed by atoms with Gasteiger partial charge in [0.15, 0.2) is 0 Å². The fraction of sp³-hybridized carbons (Fsp3) is 0.231. The summed E-state index contributed by atoms with van der Waals surface area (Å²) in [4.78, 5) is 0. The number of hydrogen-bond donors (Lipinski definition) is 1. The topological polar surface area (TPSA) is 29.5 Å². The van der Waals surface area contributed by atoms with Crippen LogP contribution in [0.5, 0.6) is 5.75 Å². The Hall–Kier alpha value is -1.32. The molecule has 1 aromatic heterocycles. The summed E-state index contributed by atoms with van der Waals surface area (Å²) in [6.45, 7) is 0.566. The smallest absolute Gasteiger partial charge is 0.123 e. The SMILES string of the molecule is OC(c1ccsc1)C1COc2ccccc21. The number of benzene rings is 1. The van der Waals surface area contributed by atoms with Crippen molar-refractivity contribution in [1.29, 1.82) is 0 Å². The summed E-state index contributed by atoms with van der Waals surface area (Å²) in [7, 11) is 0. The second-order valence-electron chi connectivity index (χ2n) is 3.96. The lowest BCUT2D eigenvalue weighted by atomic mass is 9.92. The molecule has 0 spiro atoms. The summed E-state index contributed by atoms with van der Waals surface area (Å²) in [5.74, 6) is 0.965. The maximum Gasteiger partial charge on any atom is 0.123 e. The van der Waals surface area contributed by atoms with Crippen LogP contribution in [0.25, 0.3) is 0 Å². The predicted molar refractivity (Wildman–Crippen MR) is 64.0 cm³/mol. The number of fused-ring (bicyclic) bond motifs is 1. The van der Waals surface area contributed by atoms with Crippen molar-refractivity contribution in [2.45, 2.75) is 12.0 Å².